The Kier molecular flexibility index (Phi) is 3.27. The minimum absolute atomic E-state index is 0.653. The molecule has 1 fully saturated rings. The second-order valence-electron chi connectivity index (χ2n) is 4.84. The summed E-state index contributed by atoms with van der Waals surface area (Å²) in [6, 6.07) is 9.82. The van der Waals surface area contributed by atoms with Crippen molar-refractivity contribution in [2.45, 2.75) is 31.6 Å². The summed E-state index contributed by atoms with van der Waals surface area (Å²) in [5.74, 6) is 0.653. The second-order valence-corrected chi connectivity index (χ2v) is 5.70. The van der Waals surface area contributed by atoms with Gasteiger partial charge in [0.15, 0.2) is 0 Å². The molecule has 3 rings (SSSR count). The van der Waals surface area contributed by atoms with Gasteiger partial charge in [-0.1, -0.05) is 36.7 Å². The molecule has 0 bridgehead atoms. The van der Waals surface area contributed by atoms with E-state index in [4.69, 9.17) is 23.8 Å². The van der Waals surface area contributed by atoms with E-state index >= 15 is 0 Å². The summed E-state index contributed by atoms with van der Waals surface area (Å²) in [5, 5.41) is 4.17. The van der Waals surface area contributed by atoms with Gasteiger partial charge in [-0.2, -0.15) is 0 Å². The van der Waals surface area contributed by atoms with Crippen LogP contribution in [0.3, 0.4) is 0 Å². The zero-order valence-corrected chi connectivity index (χ0v) is 11.6. The number of aromatic amines is 1. The number of nitrogens with zero attached hydrogens (tertiary/aromatic N) is 1. The van der Waals surface area contributed by atoms with E-state index in [-0.39, 0.29) is 0 Å². The average molecular weight is 279 g/mol. The van der Waals surface area contributed by atoms with Gasteiger partial charge in [0, 0.05) is 16.6 Å². The lowest BCUT2D eigenvalue weighted by molar-refractivity contribution is 0.678. The lowest BCUT2D eigenvalue weighted by atomic mass is 10.1. The third-order valence-corrected chi connectivity index (χ3v) is 4.17. The normalized spacial score (nSPS) is 16.3. The van der Waals surface area contributed by atoms with Crippen molar-refractivity contribution in [3.63, 3.8) is 0 Å². The van der Waals surface area contributed by atoms with Gasteiger partial charge in [0.05, 0.1) is 5.69 Å². The van der Waals surface area contributed by atoms with E-state index in [0.29, 0.717) is 5.92 Å². The van der Waals surface area contributed by atoms with Crippen molar-refractivity contribution in [3.8, 4) is 5.69 Å². The topological polar surface area (TPSA) is 20.7 Å². The number of nitrogens with one attached hydrogen (secondary N) is 1. The summed E-state index contributed by atoms with van der Waals surface area (Å²) >= 11 is 11.3. The molecule has 1 N–H and O–H groups in total. The fourth-order valence-corrected chi connectivity index (χ4v) is 3.05. The van der Waals surface area contributed by atoms with E-state index in [0.717, 1.165) is 15.4 Å². The Hall–Kier alpha value is -1.06. The molecule has 0 atom stereocenters. The molecule has 2 aromatic rings. The number of benzene rings is 1. The third kappa shape index (κ3) is 2.25. The van der Waals surface area contributed by atoms with Crippen LogP contribution in [-0.4, -0.2) is 9.78 Å². The maximum atomic E-state index is 5.90. The van der Waals surface area contributed by atoms with E-state index in [9.17, 15) is 0 Å². The molecule has 1 saturated carbocycles. The third-order valence-electron chi connectivity index (χ3n) is 3.62. The van der Waals surface area contributed by atoms with Crippen molar-refractivity contribution in [2.75, 3.05) is 0 Å². The van der Waals surface area contributed by atoms with Crippen LogP contribution in [0.1, 0.15) is 37.3 Å². The first-order chi connectivity index (χ1) is 8.74. The van der Waals surface area contributed by atoms with Gasteiger partial charge in [0.2, 0.25) is 0 Å². The molecule has 0 saturated heterocycles. The minimum atomic E-state index is 0.653. The molecule has 1 heterocycles. The number of halogens is 1. The summed E-state index contributed by atoms with van der Waals surface area (Å²) in [7, 11) is 0. The molecule has 0 unspecified atom stereocenters. The van der Waals surface area contributed by atoms with E-state index in [1.54, 1.807) is 0 Å². The molecule has 18 heavy (non-hydrogen) atoms. The Balaban J connectivity index is 1.97. The highest BCUT2D eigenvalue weighted by Gasteiger charge is 2.19. The van der Waals surface area contributed by atoms with Gasteiger partial charge >= 0.3 is 0 Å². The first kappa shape index (κ1) is 12.0. The Bertz CT molecular complexity index is 591. The number of rotatable bonds is 2. The monoisotopic (exact) mass is 278 g/mol. The van der Waals surface area contributed by atoms with Crippen LogP contribution in [0.15, 0.2) is 30.3 Å². The van der Waals surface area contributed by atoms with E-state index < -0.39 is 0 Å². The van der Waals surface area contributed by atoms with Gasteiger partial charge in [-0.3, -0.25) is 5.10 Å². The second kappa shape index (κ2) is 4.90. The Morgan fingerprint density at radius 1 is 1.17 bits per heavy atom. The number of hydrogen-bond donors (Lipinski definition) is 1. The maximum absolute atomic E-state index is 5.90. The Labute approximate surface area is 117 Å². The van der Waals surface area contributed by atoms with Crippen molar-refractivity contribution in [3.05, 3.63) is 45.7 Å². The predicted octanol–water partition coefficient (Wildman–Crippen LogP) is 4.85. The summed E-state index contributed by atoms with van der Waals surface area (Å²) < 4.78 is 2.79. The highest BCUT2D eigenvalue weighted by atomic mass is 35.5. The Morgan fingerprint density at radius 3 is 2.50 bits per heavy atom. The molecule has 0 aliphatic heterocycles. The number of H-pyrrole nitrogens is 1. The zero-order valence-electron chi connectivity index (χ0n) is 10.0. The van der Waals surface area contributed by atoms with Crippen molar-refractivity contribution in [1.29, 1.82) is 0 Å². The molecule has 1 aliphatic rings. The van der Waals surface area contributed by atoms with Crippen LogP contribution in [0.2, 0.25) is 5.02 Å². The van der Waals surface area contributed by atoms with Crippen molar-refractivity contribution < 1.29 is 0 Å². The largest absolute Gasteiger partial charge is 0.297 e. The predicted molar refractivity (Wildman–Crippen MR) is 77.2 cm³/mol. The van der Waals surface area contributed by atoms with Crippen LogP contribution >= 0.6 is 23.8 Å². The zero-order chi connectivity index (χ0) is 12.5. The molecule has 0 radical (unpaired) electrons. The first-order valence-electron chi connectivity index (χ1n) is 6.32. The van der Waals surface area contributed by atoms with E-state index in [1.807, 2.05) is 28.9 Å². The van der Waals surface area contributed by atoms with Crippen molar-refractivity contribution in [1.82, 2.24) is 9.78 Å². The van der Waals surface area contributed by atoms with Crippen molar-refractivity contribution >= 4 is 23.8 Å². The molecular weight excluding hydrogens is 264 g/mol. The van der Waals surface area contributed by atoms with Gasteiger partial charge in [-0.25, -0.2) is 4.68 Å². The molecule has 2 nitrogen and oxygen atoms in total. The fourth-order valence-electron chi connectivity index (χ4n) is 2.64. The fraction of sp³-hybridized carbons (Fsp3) is 0.357. The molecule has 0 spiro atoms. The molecule has 1 aromatic heterocycles. The highest BCUT2D eigenvalue weighted by Crippen LogP contribution is 2.33. The van der Waals surface area contributed by atoms with E-state index in [2.05, 4.69) is 11.2 Å². The molecule has 4 heteroatoms. The molecule has 1 aromatic carbocycles. The van der Waals surface area contributed by atoms with Crippen LogP contribution in [0.5, 0.6) is 0 Å². The summed E-state index contributed by atoms with van der Waals surface area (Å²) in [4.78, 5) is 0. The molecular formula is C14H15ClN2S. The van der Waals surface area contributed by atoms with Crippen LogP contribution in [0, 0.1) is 4.64 Å². The summed E-state index contributed by atoms with van der Waals surface area (Å²) in [5.41, 5.74) is 2.31. The van der Waals surface area contributed by atoms with E-state index in [1.165, 1.54) is 31.4 Å². The summed E-state index contributed by atoms with van der Waals surface area (Å²) in [6.07, 6.45) is 5.21. The van der Waals surface area contributed by atoms with Crippen LogP contribution in [0.4, 0.5) is 0 Å². The smallest absolute Gasteiger partial charge is 0.127 e. The van der Waals surface area contributed by atoms with Gasteiger partial charge in [0.25, 0.3) is 0 Å². The van der Waals surface area contributed by atoms with Gasteiger partial charge in [0.1, 0.15) is 4.64 Å². The first-order valence-corrected chi connectivity index (χ1v) is 7.10. The van der Waals surface area contributed by atoms with Crippen LogP contribution in [0.25, 0.3) is 5.69 Å². The van der Waals surface area contributed by atoms with Gasteiger partial charge < -0.3 is 0 Å². The highest BCUT2D eigenvalue weighted by molar-refractivity contribution is 7.71. The van der Waals surface area contributed by atoms with Crippen LogP contribution < -0.4 is 0 Å². The lowest BCUT2D eigenvalue weighted by Crippen LogP contribution is -1.99. The average Bonchev–Trinajstić information content (AvgIpc) is 2.99. The minimum Gasteiger partial charge on any atom is -0.297 e. The van der Waals surface area contributed by atoms with Crippen LogP contribution in [-0.2, 0) is 0 Å². The number of hydrogen-bond acceptors (Lipinski definition) is 1. The standard InChI is InChI=1S/C14H15ClN2S/c15-11-5-7-12(8-6-11)17-14(18)9-13(16-17)10-3-1-2-4-10/h5-10,16H,1-4H2. The van der Waals surface area contributed by atoms with Gasteiger partial charge in [-0.05, 0) is 43.2 Å². The maximum Gasteiger partial charge on any atom is 0.127 e. The van der Waals surface area contributed by atoms with Crippen molar-refractivity contribution in [2.24, 2.45) is 0 Å². The van der Waals surface area contributed by atoms with Gasteiger partial charge in [-0.15, -0.1) is 0 Å². The quantitative estimate of drug-likeness (QED) is 0.779. The molecule has 1 aliphatic carbocycles. The lowest BCUT2D eigenvalue weighted by Gasteiger charge is -2.07. The Morgan fingerprint density at radius 2 is 1.83 bits per heavy atom. The SMILES string of the molecule is S=c1cc(C2CCCC2)[nH]n1-c1ccc(Cl)cc1. The molecule has 94 valence electrons. The molecule has 0 amide bonds. The summed E-state index contributed by atoms with van der Waals surface area (Å²) in [6.45, 7) is 0. The number of aromatic nitrogens is 2.